The summed E-state index contributed by atoms with van der Waals surface area (Å²) in [6.45, 7) is 2.13. The number of ether oxygens (including phenoxy) is 1. The van der Waals surface area contributed by atoms with Crippen LogP contribution in [0.15, 0.2) is 35.9 Å². The van der Waals surface area contributed by atoms with Crippen LogP contribution in [-0.2, 0) is 6.42 Å². The Bertz CT molecular complexity index is 321. The Morgan fingerprint density at radius 2 is 2.00 bits per heavy atom. The number of allylic oxidation sites excluding steroid dienone is 1. The summed E-state index contributed by atoms with van der Waals surface area (Å²) in [6.07, 6.45) is 3.33. The topological polar surface area (TPSA) is 21.3 Å². The fraction of sp³-hybridized carbons (Fsp3) is 0.333. The third-order valence-corrected chi connectivity index (χ3v) is 2.49. The molecule has 0 bridgehead atoms. The fourth-order valence-electron chi connectivity index (χ4n) is 1.44. The number of benzene rings is 1. The third kappa shape index (κ3) is 2.15. The molecule has 2 rings (SSSR count). The molecule has 74 valence electrons. The van der Waals surface area contributed by atoms with Crippen molar-refractivity contribution in [3.63, 3.8) is 0 Å². The van der Waals surface area contributed by atoms with Crippen LogP contribution < -0.4 is 10.1 Å². The Morgan fingerprint density at radius 3 is 2.50 bits per heavy atom. The van der Waals surface area contributed by atoms with Crippen molar-refractivity contribution in [2.45, 2.75) is 6.42 Å². The van der Waals surface area contributed by atoms with E-state index in [-0.39, 0.29) is 0 Å². The van der Waals surface area contributed by atoms with Crippen molar-refractivity contribution in [1.82, 2.24) is 5.32 Å². The van der Waals surface area contributed by atoms with Crippen LogP contribution >= 0.6 is 0 Å². The first-order valence-electron chi connectivity index (χ1n) is 4.90. The van der Waals surface area contributed by atoms with Gasteiger partial charge >= 0.3 is 0 Å². The van der Waals surface area contributed by atoms with Gasteiger partial charge in [0.25, 0.3) is 0 Å². The second-order valence-electron chi connectivity index (χ2n) is 3.52. The summed E-state index contributed by atoms with van der Waals surface area (Å²) in [7, 11) is 1.69. The molecule has 1 N–H and O–H groups in total. The van der Waals surface area contributed by atoms with Crippen molar-refractivity contribution in [2.75, 3.05) is 20.2 Å². The molecule has 1 aromatic rings. The largest absolute Gasteiger partial charge is 0.497 e. The standard InChI is InChI=1S/C12H15NO/c1-14-12-6-4-10(5-7-12)2-3-11-8-13-9-11/h3-7,13H,2,8-9H2,1H3. The molecule has 1 aliphatic heterocycles. The Kier molecular flexibility index (Phi) is 2.84. The summed E-state index contributed by atoms with van der Waals surface area (Å²) < 4.78 is 5.10. The van der Waals surface area contributed by atoms with E-state index in [0.717, 1.165) is 25.3 Å². The first-order chi connectivity index (χ1) is 6.88. The molecule has 0 spiro atoms. The molecule has 1 fully saturated rings. The lowest BCUT2D eigenvalue weighted by atomic mass is 10.1. The Hall–Kier alpha value is -1.28. The van der Waals surface area contributed by atoms with E-state index in [1.165, 1.54) is 11.1 Å². The highest BCUT2D eigenvalue weighted by molar-refractivity contribution is 5.29. The van der Waals surface area contributed by atoms with Crippen molar-refractivity contribution in [2.24, 2.45) is 0 Å². The number of rotatable bonds is 3. The Morgan fingerprint density at radius 1 is 1.29 bits per heavy atom. The van der Waals surface area contributed by atoms with Crippen LogP contribution in [0.1, 0.15) is 5.56 Å². The fourth-order valence-corrected chi connectivity index (χ4v) is 1.44. The molecule has 0 atom stereocenters. The van der Waals surface area contributed by atoms with E-state index in [9.17, 15) is 0 Å². The maximum Gasteiger partial charge on any atom is 0.118 e. The van der Waals surface area contributed by atoms with Crippen molar-refractivity contribution in [3.8, 4) is 5.75 Å². The number of methoxy groups -OCH3 is 1. The van der Waals surface area contributed by atoms with Gasteiger partial charge in [-0.25, -0.2) is 0 Å². The smallest absolute Gasteiger partial charge is 0.118 e. The Labute approximate surface area is 84.6 Å². The van der Waals surface area contributed by atoms with E-state index in [1.807, 2.05) is 12.1 Å². The van der Waals surface area contributed by atoms with Crippen molar-refractivity contribution >= 4 is 0 Å². The van der Waals surface area contributed by atoms with Crippen LogP contribution in [0.5, 0.6) is 5.75 Å². The summed E-state index contributed by atoms with van der Waals surface area (Å²) in [5, 5.41) is 3.23. The minimum atomic E-state index is 0.923. The second kappa shape index (κ2) is 4.29. The van der Waals surface area contributed by atoms with Gasteiger partial charge in [-0.2, -0.15) is 0 Å². The van der Waals surface area contributed by atoms with Crippen LogP contribution in [0.3, 0.4) is 0 Å². The molecule has 14 heavy (non-hydrogen) atoms. The monoisotopic (exact) mass is 189 g/mol. The third-order valence-electron chi connectivity index (χ3n) is 2.49. The molecule has 0 amide bonds. The predicted molar refractivity (Wildman–Crippen MR) is 57.7 cm³/mol. The quantitative estimate of drug-likeness (QED) is 0.732. The molecule has 0 unspecified atom stereocenters. The molecule has 2 heteroatoms. The summed E-state index contributed by atoms with van der Waals surface area (Å²) in [5.74, 6) is 0.923. The SMILES string of the molecule is COc1ccc(CC=C2CNC2)cc1. The zero-order chi connectivity index (χ0) is 9.80. The highest BCUT2D eigenvalue weighted by atomic mass is 16.5. The minimum Gasteiger partial charge on any atom is -0.497 e. The molecule has 1 aliphatic rings. The van der Waals surface area contributed by atoms with Crippen molar-refractivity contribution in [3.05, 3.63) is 41.5 Å². The van der Waals surface area contributed by atoms with Gasteiger partial charge in [-0.1, -0.05) is 18.2 Å². The summed E-state index contributed by atoms with van der Waals surface area (Å²) >= 11 is 0. The highest BCUT2D eigenvalue weighted by Gasteiger charge is 2.05. The van der Waals surface area contributed by atoms with Gasteiger partial charge in [0.15, 0.2) is 0 Å². The lowest BCUT2D eigenvalue weighted by Crippen LogP contribution is -2.33. The zero-order valence-electron chi connectivity index (χ0n) is 8.42. The van der Waals surface area contributed by atoms with E-state index in [4.69, 9.17) is 4.74 Å². The molecule has 2 nitrogen and oxygen atoms in total. The molecular weight excluding hydrogens is 174 g/mol. The van der Waals surface area contributed by atoms with Gasteiger partial charge in [-0.15, -0.1) is 0 Å². The maximum atomic E-state index is 5.10. The molecular formula is C12H15NO. The molecule has 0 saturated carbocycles. The van der Waals surface area contributed by atoms with Gasteiger partial charge in [-0.3, -0.25) is 0 Å². The van der Waals surface area contributed by atoms with Gasteiger partial charge in [-0.05, 0) is 29.7 Å². The summed E-state index contributed by atoms with van der Waals surface area (Å²) in [6, 6.07) is 8.24. The van der Waals surface area contributed by atoms with Crippen molar-refractivity contribution < 1.29 is 4.74 Å². The molecule has 1 saturated heterocycles. The minimum absolute atomic E-state index is 0.923. The van der Waals surface area contributed by atoms with E-state index in [0.29, 0.717) is 0 Å². The van der Waals surface area contributed by atoms with Crippen LogP contribution in [0.4, 0.5) is 0 Å². The summed E-state index contributed by atoms with van der Waals surface area (Å²) in [5.41, 5.74) is 2.85. The van der Waals surface area contributed by atoms with Crippen molar-refractivity contribution in [1.29, 1.82) is 0 Å². The predicted octanol–water partition coefficient (Wildman–Crippen LogP) is 1.77. The van der Waals surface area contributed by atoms with Gasteiger partial charge < -0.3 is 10.1 Å². The molecule has 1 aromatic carbocycles. The maximum absolute atomic E-state index is 5.10. The average Bonchev–Trinajstić information content (AvgIpc) is 2.16. The zero-order valence-corrected chi connectivity index (χ0v) is 8.42. The van der Waals surface area contributed by atoms with Crippen LogP contribution in [0.2, 0.25) is 0 Å². The highest BCUT2D eigenvalue weighted by Crippen LogP contribution is 2.13. The van der Waals surface area contributed by atoms with Gasteiger partial charge in [0, 0.05) is 13.1 Å². The first kappa shape index (κ1) is 9.28. The lowest BCUT2D eigenvalue weighted by molar-refractivity contribution is 0.414. The second-order valence-corrected chi connectivity index (χ2v) is 3.52. The van der Waals surface area contributed by atoms with Gasteiger partial charge in [0.2, 0.25) is 0 Å². The molecule has 0 aromatic heterocycles. The van der Waals surface area contributed by atoms with E-state index in [1.54, 1.807) is 7.11 Å². The average molecular weight is 189 g/mol. The Balaban J connectivity index is 1.95. The number of nitrogens with one attached hydrogen (secondary N) is 1. The van der Waals surface area contributed by atoms with Crippen LogP contribution in [0.25, 0.3) is 0 Å². The summed E-state index contributed by atoms with van der Waals surface area (Å²) in [4.78, 5) is 0. The first-order valence-corrected chi connectivity index (χ1v) is 4.90. The lowest BCUT2D eigenvalue weighted by Gasteiger charge is -2.18. The molecule has 0 radical (unpaired) electrons. The number of hydrogen-bond donors (Lipinski definition) is 1. The van der Waals surface area contributed by atoms with E-state index in [2.05, 4.69) is 23.5 Å². The van der Waals surface area contributed by atoms with E-state index < -0.39 is 0 Å². The van der Waals surface area contributed by atoms with Gasteiger partial charge in [0.05, 0.1) is 7.11 Å². The van der Waals surface area contributed by atoms with E-state index >= 15 is 0 Å². The number of hydrogen-bond acceptors (Lipinski definition) is 2. The van der Waals surface area contributed by atoms with Gasteiger partial charge in [0.1, 0.15) is 5.75 Å². The normalized spacial score (nSPS) is 14.8. The van der Waals surface area contributed by atoms with Crippen LogP contribution in [0, 0.1) is 0 Å². The molecule has 1 heterocycles. The molecule has 0 aliphatic carbocycles. The van der Waals surface area contributed by atoms with Crippen LogP contribution in [-0.4, -0.2) is 20.2 Å².